The summed E-state index contributed by atoms with van der Waals surface area (Å²) >= 11 is 0. The Kier molecular flexibility index (Phi) is 5.16. The highest BCUT2D eigenvalue weighted by Gasteiger charge is 2.14. The van der Waals surface area contributed by atoms with E-state index in [1.165, 1.54) is 0 Å². The van der Waals surface area contributed by atoms with Gasteiger partial charge in [0.05, 0.1) is 6.61 Å². The lowest BCUT2D eigenvalue weighted by Gasteiger charge is -2.21. The second-order valence-electron chi connectivity index (χ2n) is 5.21. The van der Waals surface area contributed by atoms with Crippen molar-refractivity contribution in [1.29, 1.82) is 0 Å². The van der Waals surface area contributed by atoms with Gasteiger partial charge in [0.25, 0.3) is 0 Å². The highest BCUT2D eigenvalue weighted by Crippen LogP contribution is 2.20. The van der Waals surface area contributed by atoms with Crippen LogP contribution in [0.1, 0.15) is 37.0 Å². The van der Waals surface area contributed by atoms with Gasteiger partial charge >= 0.3 is 0 Å². The smallest absolute Gasteiger partial charge is 0.248 e. The number of primary amides is 1. The first-order valence-electron chi connectivity index (χ1n) is 6.17. The fourth-order valence-corrected chi connectivity index (χ4v) is 1.56. The van der Waals surface area contributed by atoms with E-state index in [2.05, 4.69) is 13.8 Å². The van der Waals surface area contributed by atoms with Crippen LogP contribution in [0.5, 0.6) is 5.75 Å². The Hall–Kier alpha value is -1.55. The number of ether oxygens (including phenoxy) is 1. The van der Waals surface area contributed by atoms with E-state index in [9.17, 15) is 4.79 Å². The zero-order chi connectivity index (χ0) is 13.6. The van der Waals surface area contributed by atoms with Crippen molar-refractivity contribution in [2.75, 3.05) is 13.2 Å². The Morgan fingerprint density at radius 2 is 1.89 bits per heavy atom. The van der Waals surface area contributed by atoms with Gasteiger partial charge in [-0.3, -0.25) is 4.79 Å². The second-order valence-corrected chi connectivity index (χ2v) is 5.21. The van der Waals surface area contributed by atoms with Crippen LogP contribution in [0.3, 0.4) is 0 Å². The molecule has 18 heavy (non-hydrogen) atoms. The Morgan fingerprint density at radius 3 is 2.39 bits per heavy atom. The normalized spacial score (nSPS) is 11.3. The summed E-state index contributed by atoms with van der Waals surface area (Å²) in [6.45, 7) is 5.63. The van der Waals surface area contributed by atoms with Gasteiger partial charge in [-0.1, -0.05) is 13.8 Å². The molecule has 0 aliphatic heterocycles. The maximum Gasteiger partial charge on any atom is 0.248 e. The van der Waals surface area contributed by atoms with Crippen molar-refractivity contribution < 1.29 is 9.53 Å². The SMILES string of the molecule is CC(C)(CN)CCCOc1ccc(C(N)=O)cc1. The summed E-state index contributed by atoms with van der Waals surface area (Å²) in [6.07, 6.45) is 1.99. The molecule has 0 saturated heterocycles. The number of carbonyl (C=O) groups is 1. The standard InChI is InChI=1S/C14H22N2O2/c1-14(2,10-15)8-3-9-18-12-6-4-11(5-7-12)13(16)17/h4-7H,3,8-10,15H2,1-2H3,(H2,16,17). The van der Waals surface area contributed by atoms with Crippen LogP contribution in [-0.2, 0) is 0 Å². The predicted molar refractivity (Wildman–Crippen MR) is 72.5 cm³/mol. The van der Waals surface area contributed by atoms with Gasteiger partial charge in [0.2, 0.25) is 5.91 Å². The van der Waals surface area contributed by atoms with Crippen LogP contribution in [0.15, 0.2) is 24.3 Å². The van der Waals surface area contributed by atoms with Gasteiger partial charge in [-0.05, 0) is 49.1 Å². The molecule has 4 N–H and O–H groups in total. The lowest BCUT2D eigenvalue weighted by Crippen LogP contribution is -2.23. The summed E-state index contributed by atoms with van der Waals surface area (Å²) in [7, 11) is 0. The van der Waals surface area contributed by atoms with Crippen LogP contribution >= 0.6 is 0 Å². The van der Waals surface area contributed by atoms with Crippen molar-refractivity contribution in [1.82, 2.24) is 0 Å². The first-order valence-corrected chi connectivity index (χ1v) is 6.17. The fourth-order valence-electron chi connectivity index (χ4n) is 1.56. The Labute approximate surface area is 108 Å². The number of hydrogen-bond acceptors (Lipinski definition) is 3. The van der Waals surface area contributed by atoms with E-state index in [-0.39, 0.29) is 5.41 Å². The van der Waals surface area contributed by atoms with Crippen LogP contribution in [-0.4, -0.2) is 19.1 Å². The van der Waals surface area contributed by atoms with E-state index in [0.717, 1.165) is 18.6 Å². The number of benzene rings is 1. The molecular weight excluding hydrogens is 228 g/mol. The van der Waals surface area contributed by atoms with E-state index < -0.39 is 5.91 Å². The van der Waals surface area contributed by atoms with Crippen molar-refractivity contribution in [3.63, 3.8) is 0 Å². The van der Waals surface area contributed by atoms with Gasteiger partial charge in [0.15, 0.2) is 0 Å². The zero-order valence-electron chi connectivity index (χ0n) is 11.1. The topological polar surface area (TPSA) is 78.3 Å². The molecule has 0 radical (unpaired) electrons. The Balaban J connectivity index is 2.34. The third kappa shape index (κ3) is 4.75. The summed E-state index contributed by atoms with van der Waals surface area (Å²) in [5.74, 6) is 0.330. The molecule has 0 unspecified atom stereocenters. The van der Waals surface area contributed by atoms with E-state index in [1.807, 2.05) is 0 Å². The predicted octanol–water partition coefficient (Wildman–Crippen LogP) is 1.93. The molecular formula is C14H22N2O2. The molecule has 0 spiro atoms. The van der Waals surface area contributed by atoms with Gasteiger partial charge in [-0.2, -0.15) is 0 Å². The third-order valence-corrected chi connectivity index (χ3v) is 2.96. The van der Waals surface area contributed by atoms with Crippen LogP contribution in [0.2, 0.25) is 0 Å². The number of rotatable bonds is 7. The molecule has 100 valence electrons. The van der Waals surface area contributed by atoms with Crippen LogP contribution in [0, 0.1) is 5.41 Å². The highest BCUT2D eigenvalue weighted by atomic mass is 16.5. The van der Waals surface area contributed by atoms with Gasteiger partial charge in [-0.15, -0.1) is 0 Å². The maximum absolute atomic E-state index is 10.9. The van der Waals surface area contributed by atoms with Gasteiger partial charge < -0.3 is 16.2 Å². The Bertz CT molecular complexity index is 385. The minimum Gasteiger partial charge on any atom is -0.494 e. The molecule has 0 aliphatic rings. The van der Waals surface area contributed by atoms with Crippen molar-refractivity contribution in [3.05, 3.63) is 29.8 Å². The minimum atomic E-state index is -0.425. The van der Waals surface area contributed by atoms with Crippen molar-refractivity contribution >= 4 is 5.91 Å². The average molecular weight is 250 g/mol. The van der Waals surface area contributed by atoms with Crippen molar-refractivity contribution in [3.8, 4) is 5.75 Å². The number of hydrogen-bond donors (Lipinski definition) is 2. The maximum atomic E-state index is 10.9. The molecule has 0 aliphatic carbocycles. The summed E-state index contributed by atoms with van der Waals surface area (Å²) < 4.78 is 5.59. The molecule has 0 fully saturated rings. The lowest BCUT2D eigenvalue weighted by molar-refractivity contribution is 0.100. The number of carbonyl (C=O) groups excluding carboxylic acids is 1. The van der Waals surface area contributed by atoms with E-state index in [1.54, 1.807) is 24.3 Å². The quantitative estimate of drug-likeness (QED) is 0.726. The third-order valence-electron chi connectivity index (χ3n) is 2.96. The van der Waals surface area contributed by atoms with E-state index in [4.69, 9.17) is 16.2 Å². The van der Waals surface area contributed by atoms with Gasteiger partial charge in [-0.25, -0.2) is 0 Å². The Morgan fingerprint density at radius 1 is 1.28 bits per heavy atom. The van der Waals surface area contributed by atoms with Gasteiger partial charge in [0.1, 0.15) is 5.75 Å². The molecule has 1 aromatic carbocycles. The zero-order valence-corrected chi connectivity index (χ0v) is 11.1. The monoisotopic (exact) mass is 250 g/mol. The number of amides is 1. The fraction of sp³-hybridized carbons (Fsp3) is 0.500. The first-order chi connectivity index (χ1) is 8.44. The molecule has 0 saturated carbocycles. The molecule has 4 heteroatoms. The number of nitrogens with two attached hydrogens (primary N) is 2. The second kappa shape index (κ2) is 6.40. The minimum absolute atomic E-state index is 0.166. The summed E-state index contributed by atoms with van der Waals surface area (Å²) in [5.41, 5.74) is 11.5. The van der Waals surface area contributed by atoms with Crippen molar-refractivity contribution in [2.24, 2.45) is 16.9 Å². The summed E-state index contributed by atoms with van der Waals surface area (Å²) in [4.78, 5) is 10.9. The first kappa shape index (κ1) is 14.5. The van der Waals surface area contributed by atoms with Crippen LogP contribution in [0.25, 0.3) is 0 Å². The molecule has 1 amide bonds. The average Bonchev–Trinajstić information content (AvgIpc) is 2.35. The summed E-state index contributed by atoms with van der Waals surface area (Å²) in [5, 5.41) is 0. The largest absolute Gasteiger partial charge is 0.494 e. The molecule has 0 aromatic heterocycles. The van der Waals surface area contributed by atoms with Gasteiger partial charge in [0, 0.05) is 5.56 Å². The molecule has 0 bridgehead atoms. The van der Waals surface area contributed by atoms with E-state index >= 15 is 0 Å². The molecule has 0 heterocycles. The van der Waals surface area contributed by atoms with E-state index in [0.29, 0.717) is 18.7 Å². The highest BCUT2D eigenvalue weighted by molar-refractivity contribution is 5.92. The van der Waals surface area contributed by atoms with Crippen molar-refractivity contribution in [2.45, 2.75) is 26.7 Å². The van der Waals surface area contributed by atoms with Crippen LogP contribution < -0.4 is 16.2 Å². The molecule has 0 atom stereocenters. The molecule has 1 aromatic rings. The molecule has 4 nitrogen and oxygen atoms in total. The lowest BCUT2D eigenvalue weighted by atomic mass is 9.88. The molecule has 1 rings (SSSR count). The summed E-state index contributed by atoms with van der Waals surface area (Å²) in [6, 6.07) is 6.85. The van der Waals surface area contributed by atoms with Crippen LogP contribution in [0.4, 0.5) is 0 Å².